The smallest absolute Gasteiger partial charge is 0.346 e. The first-order valence-corrected chi connectivity index (χ1v) is 5.18. The number of hydrogen-bond donors (Lipinski definition) is 2. The number of nitrogens with one attached hydrogen (secondary N) is 1. The van der Waals surface area contributed by atoms with E-state index in [9.17, 15) is 4.79 Å². The van der Waals surface area contributed by atoms with Gasteiger partial charge in [0.05, 0.1) is 0 Å². The molecule has 82 valence electrons. The minimum Gasteiger partial charge on any atom is -0.385 e. The number of carbonyl (C=O) groups excluding carboxylic acids is 1. The molecule has 0 radical (unpaired) electrons. The van der Waals surface area contributed by atoms with Crippen LogP contribution in [0.5, 0.6) is 0 Å². The summed E-state index contributed by atoms with van der Waals surface area (Å²) in [5.41, 5.74) is 5.53. The molecule has 0 atom stereocenters. The van der Waals surface area contributed by atoms with Gasteiger partial charge in [-0.25, -0.2) is 4.79 Å². The second-order valence-corrected chi connectivity index (χ2v) is 3.96. The molecule has 2 amide bonds. The first kappa shape index (κ1) is 10.2. The summed E-state index contributed by atoms with van der Waals surface area (Å²) < 4.78 is 0. The summed E-state index contributed by atoms with van der Waals surface area (Å²) in [6.45, 7) is 5.92. The topological polar surface area (TPSA) is 70.7 Å². The van der Waals surface area contributed by atoms with Gasteiger partial charge < -0.3 is 16.0 Å². The van der Waals surface area contributed by atoms with Gasteiger partial charge in [-0.2, -0.15) is 4.99 Å². The van der Waals surface area contributed by atoms with E-state index in [2.05, 4.69) is 16.9 Å². The number of hydrogen-bond acceptors (Lipinski definition) is 3. The number of piperidine rings is 1. The maximum atomic E-state index is 11.6. The van der Waals surface area contributed by atoms with Gasteiger partial charge in [0.2, 0.25) is 0 Å². The van der Waals surface area contributed by atoms with Crippen molar-refractivity contribution in [1.82, 2.24) is 10.2 Å². The first-order chi connectivity index (χ1) is 7.20. The van der Waals surface area contributed by atoms with Gasteiger partial charge >= 0.3 is 6.03 Å². The van der Waals surface area contributed by atoms with E-state index in [1.807, 2.05) is 0 Å². The molecule has 2 aliphatic rings. The number of rotatable bonds is 2. The summed E-state index contributed by atoms with van der Waals surface area (Å²) in [7, 11) is 0. The molecule has 15 heavy (non-hydrogen) atoms. The van der Waals surface area contributed by atoms with Crippen LogP contribution in [0.2, 0.25) is 0 Å². The van der Waals surface area contributed by atoms with E-state index < -0.39 is 0 Å². The standard InChI is InChI=1S/C10H16N4O/c1-2-7-14-9(15)13-8(11)10(14)3-5-12-6-4-10/h2,12H,1,3-7H2,(H2,11,13,15). The molecule has 1 spiro atoms. The SMILES string of the molecule is C=CCN1C(=O)N=C(N)C12CCNCC2. The highest BCUT2D eigenvalue weighted by Crippen LogP contribution is 2.31. The summed E-state index contributed by atoms with van der Waals surface area (Å²) in [6.07, 6.45) is 3.39. The van der Waals surface area contributed by atoms with Crippen molar-refractivity contribution in [2.75, 3.05) is 19.6 Å². The summed E-state index contributed by atoms with van der Waals surface area (Å²) in [5, 5.41) is 3.26. The minimum absolute atomic E-state index is 0.227. The van der Waals surface area contributed by atoms with Crippen LogP contribution in [-0.4, -0.2) is 41.9 Å². The molecule has 1 saturated heterocycles. The molecule has 1 fully saturated rings. The van der Waals surface area contributed by atoms with Gasteiger partial charge in [-0.1, -0.05) is 6.08 Å². The van der Waals surface area contributed by atoms with E-state index in [1.165, 1.54) is 0 Å². The van der Waals surface area contributed by atoms with Gasteiger partial charge in [-0.15, -0.1) is 6.58 Å². The van der Waals surface area contributed by atoms with Gasteiger partial charge in [0, 0.05) is 6.54 Å². The Balaban J connectivity index is 2.29. The van der Waals surface area contributed by atoms with Gasteiger partial charge in [0.15, 0.2) is 0 Å². The van der Waals surface area contributed by atoms with E-state index >= 15 is 0 Å². The van der Waals surface area contributed by atoms with Gasteiger partial charge in [0.25, 0.3) is 0 Å². The first-order valence-electron chi connectivity index (χ1n) is 5.18. The fourth-order valence-corrected chi connectivity index (χ4v) is 2.34. The highest BCUT2D eigenvalue weighted by molar-refractivity contribution is 6.06. The monoisotopic (exact) mass is 208 g/mol. The molecule has 5 heteroatoms. The van der Waals surface area contributed by atoms with E-state index in [4.69, 9.17) is 5.73 Å². The van der Waals surface area contributed by atoms with E-state index in [1.54, 1.807) is 11.0 Å². The summed E-state index contributed by atoms with van der Waals surface area (Å²) >= 11 is 0. The van der Waals surface area contributed by atoms with Crippen molar-refractivity contribution in [3.8, 4) is 0 Å². The molecule has 0 saturated carbocycles. The lowest BCUT2D eigenvalue weighted by atomic mass is 9.86. The molecule has 0 unspecified atom stereocenters. The van der Waals surface area contributed by atoms with E-state index in [-0.39, 0.29) is 11.6 Å². The summed E-state index contributed by atoms with van der Waals surface area (Å²) in [5.74, 6) is 0.468. The van der Waals surface area contributed by atoms with Crippen LogP contribution in [0.3, 0.4) is 0 Å². The Morgan fingerprint density at radius 1 is 1.60 bits per heavy atom. The Morgan fingerprint density at radius 2 is 2.27 bits per heavy atom. The van der Waals surface area contributed by atoms with Crippen molar-refractivity contribution >= 4 is 11.9 Å². The van der Waals surface area contributed by atoms with Crippen molar-refractivity contribution in [2.45, 2.75) is 18.4 Å². The third-order valence-electron chi connectivity index (χ3n) is 3.18. The molecule has 0 aromatic rings. The number of carbonyl (C=O) groups is 1. The van der Waals surface area contributed by atoms with Crippen molar-refractivity contribution in [3.05, 3.63) is 12.7 Å². The van der Waals surface area contributed by atoms with Crippen LogP contribution < -0.4 is 11.1 Å². The maximum absolute atomic E-state index is 11.6. The van der Waals surface area contributed by atoms with Crippen LogP contribution in [0.1, 0.15) is 12.8 Å². The predicted octanol–water partition coefficient (Wildman–Crippen LogP) is 0.0874. The highest BCUT2D eigenvalue weighted by atomic mass is 16.2. The van der Waals surface area contributed by atoms with E-state index in [0.29, 0.717) is 12.4 Å². The largest absolute Gasteiger partial charge is 0.385 e. The van der Waals surface area contributed by atoms with Gasteiger partial charge in [-0.05, 0) is 25.9 Å². The minimum atomic E-state index is -0.351. The Hall–Kier alpha value is -1.36. The van der Waals surface area contributed by atoms with Gasteiger partial charge in [0.1, 0.15) is 11.4 Å². The molecule has 0 aromatic heterocycles. The van der Waals surface area contributed by atoms with Crippen molar-refractivity contribution < 1.29 is 4.79 Å². The number of aliphatic imine (C=N–C) groups is 1. The molecule has 5 nitrogen and oxygen atoms in total. The Kier molecular flexibility index (Phi) is 2.48. The molecule has 0 aliphatic carbocycles. The summed E-state index contributed by atoms with van der Waals surface area (Å²) in [4.78, 5) is 17.2. The van der Waals surface area contributed by atoms with Crippen LogP contribution in [0.15, 0.2) is 17.6 Å². The molecular formula is C10H16N4O. The normalized spacial score (nSPS) is 24.4. The fourth-order valence-electron chi connectivity index (χ4n) is 2.34. The zero-order valence-corrected chi connectivity index (χ0v) is 8.70. The molecule has 0 bridgehead atoms. The third-order valence-corrected chi connectivity index (χ3v) is 3.18. The number of nitrogens with two attached hydrogens (primary N) is 1. The second-order valence-electron chi connectivity index (χ2n) is 3.96. The molecular weight excluding hydrogens is 192 g/mol. The average Bonchev–Trinajstić information content (AvgIpc) is 2.45. The molecule has 2 heterocycles. The number of amidine groups is 1. The zero-order valence-electron chi connectivity index (χ0n) is 8.70. The van der Waals surface area contributed by atoms with Crippen molar-refractivity contribution in [2.24, 2.45) is 10.7 Å². The second kappa shape index (κ2) is 3.66. The lowest BCUT2D eigenvalue weighted by Gasteiger charge is -2.40. The quantitative estimate of drug-likeness (QED) is 0.632. The number of amides is 2. The number of nitrogens with zero attached hydrogens (tertiary/aromatic N) is 2. The fraction of sp³-hybridized carbons (Fsp3) is 0.600. The maximum Gasteiger partial charge on any atom is 0.346 e. The molecule has 2 rings (SSSR count). The summed E-state index contributed by atoms with van der Waals surface area (Å²) in [6, 6.07) is -0.227. The van der Waals surface area contributed by atoms with Gasteiger partial charge in [-0.3, -0.25) is 0 Å². The van der Waals surface area contributed by atoms with Crippen molar-refractivity contribution in [1.29, 1.82) is 0 Å². The average molecular weight is 208 g/mol. The Morgan fingerprint density at radius 3 is 2.87 bits per heavy atom. The predicted molar refractivity (Wildman–Crippen MR) is 58.8 cm³/mol. The van der Waals surface area contributed by atoms with Crippen LogP contribution in [0, 0.1) is 0 Å². The number of urea groups is 1. The van der Waals surface area contributed by atoms with Crippen molar-refractivity contribution in [3.63, 3.8) is 0 Å². The third kappa shape index (κ3) is 1.43. The Bertz CT molecular complexity index is 317. The Labute approximate surface area is 89.0 Å². The van der Waals surface area contributed by atoms with Crippen LogP contribution >= 0.6 is 0 Å². The van der Waals surface area contributed by atoms with Crippen LogP contribution in [-0.2, 0) is 0 Å². The lowest BCUT2D eigenvalue weighted by molar-refractivity contribution is 0.158. The van der Waals surface area contributed by atoms with E-state index in [0.717, 1.165) is 25.9 Å². The zero-order chi connectivity index (χ0) is 10.9. The van der Waals surface area contributed by atoms with Crippen LogP contribution in [0.4, 0.5) is 4.79 Å². The highest BCUT2D eigenvalue weighted by Gasteiger charge is 2.48. The lowest BCUT2D eigenvalue weighted by Crippen LogP contribution is -2.59. The molecule has 2 aliphatic heterocycles. The molecule has 0 aromatic carbocycles. The molecule has 3 N–H and O–H groups in total. The van der Waals surface area contributed by atoms with Crippen LogP contribution in [0.25, 0.3) is 0 Å².